The Labute approximate surface area is 73.9 Å². The molecule has 0 aromatic carbocycles. The number of ether oxygens (including phenoxy) is 1. The van der Waals surface area contributed by atoms with Crippen molar-refractivity contribution in [3.63, 3.8) is 0 Å². The van der Waals surface area contributed by atoms with Crippen molar-refractivity contribution in [2.24, 2.45) is 0 Å². The van der Waals surface area contributed by atoms with Crippen LogP contribution in [0, 0.1) is 0 Å². The minimum atomic E-state index is -0.139. The number of unbranched alkanes of at least 4 members (excludes halogenated alkanes) is 1. The Balaban J connectivity index is 3.25. The summed E-state index contributed by atoms with van der Waals surface area (Å²) in [5.74, 6) is -0.139. The second-order valence-electron chi connectivity index (χ2n) is 2.43. The van der Waals surface area contributed by atoms with Crippen molar-refractivity contribution in [3.8, 4) is 0 Å². The molecule has 0 aromatic heterocycles. The summed E-state index contributed by atoms with van der Waals surface area (Å²) in [4.78, 5) is 10.9. The summed E-state index contributed by atoms with van der Waals surface area (Å²) in [6.07, 6.45) is 7.90. The predicted octanol–water partition coefficient (Wildman–Crippen LogP) is 2.46. The van der Waals surface area contributed by atoms with Gasteiger partial charge < -0.3 is 4.74 Å². The van der Waals surface area contributed by atoms with Crippen molar-refractivity contribution in [3.05, 3.63) is 24.8 Å². The molecule has 0 N–H and O–H groups in total. The van der Waals surface area contributed by atoms with E-state index in [0.29, 0.717) is 13.0 Å². The molecule has 0 bridgehead atoms. The van der Waals surface area contributed by atoms with Gasteiger partial charge in [-0.3, -0.25) is 4.79 Å². The molecule has 0 atom stereocenters. The van der Waals surface area contributed by atoms with Crippen molar-refractivity contribution >= 4 is 5.97 Å². The first-order valence-corrected chi connectivity index (χ1v) is 4.19. The van der Waals surface area contributed by atoms with Crippen LogP contribution in [0.15, 0.2) is 24.8 Å². The summed E-state index contributed by atoms with van der Waals surface area (Å²) in [6, 6.07) is 0. The van der Waals surface area contributed by atoms with Gasteiger partial charge in [-0.15, -0.1) is 0 Å². The van der Waals surface area contributed by atoms with E-state index in [2.05, 4.69) is 6.58 Å². The molecule has 2 nitrogen and oxygen atoms in total. The molecular weight excluding hydrogens is 152 g/mol. The second kappa shape index (κ2) is 8.05. The molecule has 0 aliphatic heterocycles. The highest BCUT2D eigenvalue weighted by molar-refractivity contribution is 5.69. The van der Waals surface area contributed by atoms with Gasteiger partial charge in [-0.25, -0.2) is 0 Å². The van der Waals surface area contributed by atoms with Gasteiger partial charge in [0.2, 0.25) is 0 Å². The van der Waals surface area contributed by atoms with Gasteiger partial charge in [-0.05, 0) is 19.8 Å². The lowest BCUT2D eigenvalue weighted by atomic mass is 10.2. The van der Waals surface area contributed by atoms with Crippen molar-refractivity contribution in [1.29, 1.82) is 0 Å². The van der Waals surface area contributed by atoms with Gasteiger partial charge in [0.1, 0.15) is 6.61 Å². The van der Waals surface area contributed by atoms with Crippen LogP contribution in [0.4, 0.5) is 0 Å². The topological polar surface area (TPSA) is 26.3 Å². The molecule has 0 radical (unpaired) electrons. The third-order valence-corrected chi connectivity index (χ3v) is 1.35. The minimum absolute atomic E-state index is 0.139. The van der Waals surface area contributed by atoms with Gasteiger partial charge in [0.25, 0.3) is 0 Å². The molecule has 0 saturated carbocycles. The molecule has 0 amide bonds. The van der Waals surface area contributed by atoms with Crippen molar-refractivity contribution in [1.82, 2.24) is 0 Å². The van der Waals surface area contributed by atoms with E-state index in [9.17, 15) is 4.79 Å². The van der Waals surface area contributed by atoms with Crippen LogP contribution in [0.5, 0.6) is 0 Å². The monoisotopic (exact) mass is 168 g/mol. The molecule has 0 aliphatic carbocycles. The molecule has 0 aliphatic rings. The van der Waals surface area contributed by atoms with Crippen LogP contribution in [-0.2, 0) is 9.53 Å². The second-order valence-corrected chi connectivity index (χ2v) is 2.43. The summed E-state index contributed by atoms with van der Waals surface area (Å²) in [6.45, 7) is 5.74. The van der Waals surface area contributed by atoms with E-state index in [-0.39, 0.29) is 5.97 Å². The molecule has 0 fully saturated rings. The first-order valence-electron chi connectivity index (χ1n) is 4.19. The van der Waals surface area contributed by atoms with E-state index in [1.54, 1.807) is 6.08 Å². The van der Waals surface area contributed by atoms with Crippen molar-refractivity contribution in [2.45, 2.75) is 26.2 Å². The number of carbonyl (C=O) groups is 1. The van der Waals surface area contributed by atoms with Gasteiger partial charge in [0.05, 0.1) is 0 Å². The fraction of sp³-hybridized carbons (Fsp3) is 0.500. The molecule has 0 rings (SSSR count). The van der Waals surface area contributed by atoms with E-state index in [0.717, 1.165) is 12.8 Å². The lowest BCUT2D eigenvalue weighted by Crippen LogP contribution is -2.03. The summed E-state index contributed by atoms with van der Waals surface area (Å²) in [5, 5.41) is 0. The Morgan fingerprint density at radius 3 is 2.92 bits per heavy atom. The van der Waals surface area contributed by atoms with Crippen molar-refractivity contribution in [2.75, 3.05) is 6.61 Å². The predicted molar refractivity (Wildman–Crippen MR) is 49.8 cm³/mol. The zero-order chi connectivity index (χ0) is 9.23. The number of carbonyl (C=O) groups excluding carboxylic acids is 1. The highest BCUT2D eigenvalue weighted by Crippen LogP contribution is 1.98. The number of rotatable bonds is 6. The quantitative estimate of drug-likeness (QED) is 0.346. The summed E-state index contributed by atoms with van der Waals surface area (Å²) in [7, 11) is 0. The minimum Gasteiger partial charge on any atom is -0.461 e. The third-order valence-electron chi connectivity index (χ3n) is 1.35. The average Bonchev–Trinajstić information content (AvgIpc) is 2.09. The number of esters is 1. The smallest absolute Gasteiger partial charge is 0.306 e. The van der Waals surface area contributed by atoms with Crippen LogP contribution < -0.4 is 0 Å². The van der Waals surface area contributed by atoms with Gasteiger partial charge in [0.15, 0.2) is 0 Å². The molecule has 0 saturated heterocycles. The SMILES string of the molecule is C=CCOC(=O)CCCC=CC. The Morgan fingerprint density at radius 2 is 2.33 bits per heavy atom. The molecule has 0 unspecified atom stereocenters. The van der Waals surface area contributed by atoms with Crippen molar-refractivity contribution < 1.29 is 9.53 Å². The molecule has 12 heavy (non-hydrogen) atoms. The Morgan fingerprint density at radius 1 is 1.58 bits per heavy atom. The zero-order valence-electron chi connectivity index (χ0n) is 7.58. The number of hydrogen-bond donors (Lipinski definition) is 0. The normalized spacial score (nSPS) is 10.1. The van der Waals surface area contributed by atoms with Crippen LogP contribution in [-0.4, -0.2) is 12.6 Å². The van der Waals surface area contributed by atoms with E-state index in [4.69, 9.17) is 4.74 Å². The van der Waals surface area contributed by atoms with E-state index >= 15 is 0 Å². The Hall–Kier alpha value is -1.05. The highest BCUT2D eigenvalue weighted by atomic mass is 16.5. The van der Waals surface area contributed by atoms with E-state index in [1.165, 1.54) is 0 Å². The number of hydrogen-bond acceptors (Lipinski definition) is 2. The molecular formula is C10H16O2. The fourth-order valence-electron chi connectivity index (χ4n) is 0.755. The fourth-order valence-corrected chi connectivity index (χ4v) is 0.755. The van der Waals surface area contributed by atoms with Gasteiger partial charge in [-0.1, -0.05) is 24.8 Å². The maximum absolute atomic E-state index is 10.9. The summed E-state index contributed by atoms with van der Waals surface area (Å²) >= 11 is 0. The van der Waals surface area contributed by atoms with Crippen LogP contribution in [0.2, 0.25) is 0 Å². The lowest BCUT2D eigenvalue weighted by Gasteiger charge is -1.99. The standard InChI is InChI=1S/C10H16O2/c1-3-5-6-7-8-10(11)12-9-4-2/h3-5H,2,6-9H2,1H3. The first kappa shape index (κ1) is 11.0. The van der Waals surface area contributed by atoms with Gasteiger partial charge >= 0.3 is 5.97 Å². The third kappa shape index (κ3) is 7.06. The molecule has 2 heteroatoms. The molecule has 0 spiro atoms. The molecule has 68 valence electrons. The zero-order valence-corrected chi connectivity index (χ0v) is 7.58. The van der Waals surface area contributed by atoms with Crippen LogP contribution in [0.25, 0.3) is 0 Å². The Kier molecular flexibility index (Phi) is 7.35. The Bertz CT molecular complexity index is 159. The van der Waals surface area contributed by atoms with E-state index < -0.39 is 0 Å². The molecule has 0 heterocycles. The van der Waals surface area contributed by atoms with Crippen LogP contribution in [0.1, 0.15) is 26.2 Å². The van der Waals surface area contributed by atoms with Gasteiger partial charge in [-0.2, -0.15) is 0 Å². The van der Waals surface area contributed by atoms with Gasteiger partial charge in [0, 0.05) is 6.42 Å². The first-order chi connectivity index (χ1) is 5.81. The lowest BCUT2D eigenvalue weighted by molar-refractivity contribution is -0.142. The highest BCUT2D eigenvalue weighted by Gasteiger charge is 1.98. The van der Waals surface area contributed by atoms with Crippen LogP contribution >= 0.6 is 0 Å². The van der Waals surface area contributed by atoms with E-state index in [1.807, 2.05) is 19.1 Å². The maximum Gasteiger partial charge on any atom is 0.306 e. The summed E-state index contributed by atoms with van der Waals surface area (Å²) in [5.41, 5.74) is 0. The number of allylic oxidation sites excluding steroid dienone is 2. The average molecular weight is 168 g/mol. The summed E-state index contributed by atoms with van der Waals surface area (Å²) < 4.78 is 4.79. The largest absolute Gasteiger partial charge is 0.461 e. The van der Waals surface area contributed by atoms with Crippen LogP contribution in [0.3, 0.4) is 0 Å². The molecule has 0 aromatic rings. The maximum atomic E-state index is 10.9.